The van der Waals surface area contributed by atoms with Crippen molar-refractivity contribution in [1.82, 2.24) is 0 Å². The van der Waals surface area contributed by atoms with Gasteiger partial charge >= 0.3 is 0 Å². The molecule has 2 unspecified atom stereocenters. The number of rotatable bonds is 4. The first kappa shape index (κ1) is 12.5. The summed E-state index contributed by atoms with van der Waals surface area (Å²) in [6.07, 6.45) is 1.56. The molecule has 0 bridgehead atoms. The minimum Gasteiger partial charge on any atom is -0.393 e. The number of hydrogen-bond acceptors (Lipinski definition) is 1. The Bertz CT molecular complexity index is 320. The van der Waals surface area contributed by atoms with Crippen molar-refractivity contribution < 1.29 is 5.11 Å². The number of halogens is 1. The molecular formula is C13H19ClO. The van der Waals surface area contributed by atoms with Gasteiger partial charge in [0.2, 0.25) is 0 Å². The van der Waals surface area contributed by atoms with Crippen LogP contribution >= 0.6 is 11.6 Å². The van der Waals surface area contributed by atoms with Crippen molar-refractivity contribution in [2.24, 2.45) is 5.92 Å². The van der Waals surface area contributed by atoms with Gasteiger partial charge in [-0.2, -0.15) is 0 Å². The Morgan fingerprint density at radius 2 is 2.07 bits per heavy atom. The van der Waals surface area contributed by atoms with Crippen molar-refractivity contribution in [3.05, 3.63) is 34.3 Å². The molecule has 2 heteroatoms. The number of aryl methyl sites for hydroxylation is 1. The quantitative estimate of drug-likeness (QED) is 0.832. The maximum atomic E-state index is 9.58. The molecule has 0 amide bonds. The molecular weight excluding hydrogens is 208 g/mol. The Hall–Kier alpha value is -0.530. The monoisotopic (exact) mass is 226 g/mol. The maximum absolute atomic E-state index is 9.58. The molecule has 15 heavy (non-hydrogen) atoms. The van der Waals surface area contributed by atoms with Gasteiger partial charge in [-0.1, -0.05) is 37.1 Å². The molecule has 1 aromatic rings. The predicted molar refractivity (Wildman–Crippen MR) is 65.4 cm³/mol. The van der Waals surface area contributed by atoms with Gasteiger partial charge in [-0.25, -0.2) is 0 Å². The van der Waals surface area contributed by atoms with Crippen molar-refractivity contribution in [3.8, 4) is 0 Å². The van der Waals surface area contributed by atoms with E-state index < -0.39 is 0 Å². The third-order valence-electron chi connectivity index (χ3n) is 2.90. The number of aliphatic hydroxyl groups excluding tert-OH is 1. The molecule has 0 fully saturated rings. The zero-order valence-corrected chi connectivity index (χ0v) is 10.4. The molecule has 0 spiro atoms. The summed E-state index contributed by atoms with van der Waals surface area (Å²) in [6, 6.07) is 6.10. The van der Waals surface area contributed by atoms with E-state index in [4.69, 9.17) is 11.6 Å². The third kappa shape index (κ3) is 3.51. The van der Waals surface area contributed by atoms with Crippen LogP contribution in [-0.4, -0.2) is 11.2 Å². The summed E-state index contributed by atoms with van der Waals surface area (Å²) in [5.41, 5.74) is 2.31. The normalized spacial score (nSPS) is 15.0. The van der Waals surface area contributed by atoms with Crippen LogP contribution in [0, 0.1) is 12.8 Å². The average Bonchev–Trinajstić information content (AvgIpc) is 2.16. The van der Waals surface area contributed by atoms with E-state index in [0.29, 0.717) is 5.92 Å². The van der Waals surface area contributed by atoms with E-state index in [0.717, 1.165) is 23.4 Å². The first-order valence-electron chi connectivity index (χ1n) is 5.47. The van der Waals surface area contributed by atoms with E-state index in [1.807, 2.05) is 19.9 Å². The van der Waals surface area contributed by atoms with E-state index in [1.54, 1.807) is 0 Å². The number of aliphatic hydroxyl groups is 1. The van der Waals surface area contributed by atoms with Crippen LogP contribution in [0.1, 0.15) is 31.4 Å². The zero-order chi connectivity index (χ0) is 11.4. The highest BCUT2D eigenvalue weighted by Crippen LogP contribution is 2.23. The van der Waals surface area contributed by atoms with Gasteiger partial charge in [0.25, 0.3) is 0 Å². The summed E-state index contributed by atoms with van der Waals surface area (Å²) in [6.45, 7) is 5.97. The van der Waals surface area contributed by atoms with E-state index in [-0.39, 0.29) is 6.10 Å². The molecule has 0 heterocycles. The smallest absolute Gasteiger partial charge is 0.0543 e. The molecule has 1 rings (SSSR count). The second-order valence-electron chi connectivity index (χ2n) is 4.21. The van der Waals surface area contributed by atoms with Gasteiger partial charge in [0.1, 0.15) is 0 Å². The van der Waals surface area contributed by atoms with Gasteiger partial charge in [-0.15, -0.1) is 0 Å². The first-order valence-corrected chi connectivity index (χ1v) is 5.85. The molecule has 1 N–H and O–H groups in total. The van der Waals surface area contributed by atoms with E-state index in [1.165, 1.54) is 5.56 Å². The molecule has 0 radical (unpaired) electrons. The number of benzene rings is 1. The highest BCUT2D eigenvalue weighted by Gasteiger charge is 2.14. The van der Waals surface area contributed by atoms with Crippen LogP contribution in [0.4, 0.5) is 0 Å². The fourth-order valence-corrected chi connectivity index (χ4v) is 2.07. The van der Waals surface area contributed by atoms with Crippen molar-refractivity contribution in [3.63, 3.8) is 0 Å². The Morgan fingerprint density at radius 1 is 1.40 bits per heavy atom. The standard InChI is InChI=1S/C13H19ClO/c1-4-11(10(3)15)8-12-6-5-9(2)7-13(12)14/h5-7,10-11,15H,4,8H2,1-3H3. The molecule has 84 valence electrons. The largest absolute Gasteiger partial charge is 0.393 e. The van der Waals surface area contributed by atoms with Crippen LogP contribution in [0.3, 0.4) is 0 Å². The topological polar surface area (TPSA) is 20.2 Å². The van der Waals surface area contributed by atoms with Crippen LogP contribution in [0.5, 0.6) is 0 Å². The summed E-state index contributed by atoms with van der Waals surface area (Å²) in [5.74, 6) is 0.296. The molecule has 1 nitrogen and oxygen atoms in total. The Morgan fingerprint density at radius 3 is 2.53 bits per heavy atom. The van der Waals surface area contributed by atoms with E-state index in [2.05, 4.69) is 19.1 Å². The summed E-state index contributed by atoms with van der Waals surface area (Å²) in [5, 5.41) is 10.4. The average molecular weight is 227 g/mol. The third-order valence-corrected chi connectivity index (χ3v) is 3.25. The molecule has 0 saturated carbocycles. The van der Waals surface area contributed by atoms with Crippen molar-refractivity contribution in [2.75, 3.05) is 0 Å². The molecule has 0 aromatic heterocycles. The fraction of sp³-hybridized carbons (Fsp3) is 0.538. The lowest BCUT2D eigenvalue weighted by Gasteiger charge is -2.18. The predicted octanol–water partition coefficient (Wildman–Crippen LogP) is 3.60. The lowest BCUT2D eigenvalue weighted by Crippen LogP contribution is -2.18. The highest BCUT2D eigenvalue weighted by atomic mass is 35.5. The van der Waals surface area contributed by atoms with Gasteiger partial charge in [0.05, 0.1) is 6.10 Å². The first-order chi connectivity index (χ1) is 7.04. The van der Waals surface area contributed by atoms with Crippen LogP contribution in [0.2, 0.25) is 5.02 Å². The summed E-state index contributed by atoms with van der Waals surface area (Å²) >= 11 is 6.15. The van der Waals surface area contributed by atoms with Gasteiger partial charge < -0.3 is 5.11 Å². The summed E-state index contributed by atoms with van der Waals surface area (Å²) < 4.78 is 0. The van der Waals surface area contributed by atoms with Crippen LogP contribution in [0.25, 0.3) is 0 Å². The Labute approximate surface area is 97.1 Å². The molecule has 0 aliphatic carbocycles. The summed E-state index contributed by atoms with van der Waals surface area (Å²) in [4.78, 5) is 0. The van der Waals surface area contributed by atoms with Crippen LogP contribution < -0.4 is 0 Å². The lowest BCUT2D eigenvalue weighted by atomic mass is 9.92. The lowest BCUT2D eigenvalue weighted by molar-refractivity contribution is 0.123. The zero-order valence-electron chi connectivity index (χ0n) is 9.63. The number of hydrogen-bond donors (Lipinski definition) is 1. The molecule has 0 aliphatic rings. The van der Waals surface area contributed by atoms with Gasteiger partial charge in [0, 0.05) is 5.02 Å². The summed E-state index contributed by atoms with van der Waals surface area (Å²) in [7, 11) is 0. The van der Waals surface area contributed by atoms with Crippen LogP contribution in [0.15, 0.2) is 18.2 Å². The molecule has 0 aliphatic heterocycles. The van der Waals surface area contributed by atoms with Gasteiger partial charge in [-0.05, 0) is 43.4 Å². The van der Waals surface area contributed by atoms with Crippen molar-refractivity contribution >= 4 is 11.6 Å². The van der Waals surface area contributed by atoms with E-state index in [9.17, 15) is 5.11 Å². The van der Waals surface area contributed by atoms with Crippen molar-refractivity contribution in [1.29, 1.82) is 0 Å². The van der Waals surface area contributed by atoms with E-state index >= 15 is 0 Å². The molecule has 2 atom stereocenters. The second kappa shape index (κ2) is 5.53. The van der Waals surface area contributed by atoms with Crippen molar-refractivity contribution in [2.45, 2.75) is 39.7 Å². The van der Waals surface area contributed by atoms with Gasteiger partial charge in [0.15, 0.2) is 0 Å². The Balaban J connectivity index is 2.79. The minimum atomic E-state index is -0.271. The minimum absolute atomic E-state index is 0.271. The highest BCUT2D eigenvalue weighted by molar-refractivity contribution is 6.31. The second-order valence-corrected chi connectivity index (χ2v) is 4.62. The Kier molecular flexibility index (Phi) is 4.62. The van der Waals surface area contributed by atoms with Gasteiger partial charge in [-0.3, -0.25) is 0 Å². The molecule has 0 saturated heterocycles. The maximum Gasteiger partial charge on any atom is 0.0543 e. The fourth-order valence-electron chi connectivity index (χ4n) is 1.76. The molecule has 1 aromatic carbocycles. The van der Waals surface area contributed by atoms with Crippen LogP contribution in [-0.2, 0) is 6.42 Å². The SMILES string of the molecule is CCC(Cc1ccc(C)cc1Cl)C(C)O.